The Balaban J connectivity index is 1.60. The first-order chi connectivity index (χ1) is 13.7. The van der Waals surface area contributed by atoms with E-state index in [0.717, 1.165) is 5.56 Å². The Labute approximate surface area is 181 Å². The Bertz CT molecular complexity index is 1090. The van der Waals surface area contributed by atoms with Crippen LogP contribution in [0.4, 0.5) is 11.4 Å². The van der Waals surface area contributed by atoms with Gasteiger partial charge in [-0.05, 0) is 23.8 Å². The number of amidine groups is 1. The molecule has 2 atom stereocenters. The summed E-state index contributed by atoms with van der Waals surface area (Å²) in [4.78, 5) is 16.9. The number of thioether (sulfide) groups is 1. The smallest absolute Gasteiger partial charge is 0.269 e. The van der Waals surface area contributed by atoms with E-state index in [1.807, 2.05) is 4.90 Å². The molecule has 1 saturated heterocycles. The molecular weight excluding hydrogens is 457 g/mol. The maximum absolute atomic E-state index is 12.1. The molecule has 152 valence electrons. The maximum Gasteiger partial charge on any atom is 0.269 e. The van der Waals surface area contributed by atoms with Crippen molar-refractivity contribution in [1.29, 1.82) is 0 Å². The molecule has 0 radical (unpaired) electrons. The highest BCUT2D eigenvalue weighted by Gasteiger charge is 2.47. The van der Waals surface area contributed by atoms with E-state index in [1.54, 1.807) is 30.3 Å². The average molecular weight is 472 g/mol. The van der Waals surface area contributed by atoms with Crippen molar-refractivity contribution < 1.29 is 13.3 Å². The first-order valence-corrected chi connectivity index (χ1v) is 12.2. The fourth-order valence-electron chi connectivity index (χ4n) is 3.48. The lowest BCUT2D eigenvalue weighted by Crippen LogP contribution is -2.39. The van der Waals surface area contributed by atoms with E-state index >= 15 is 0 Å². The molecule has 4 rings (SSSR count). The van der Waals surface area contributed by atoms with E-state index in [1.165, 1.54) is 23.9 Å². The second-order valence-electron chi connectivity index (χ2n) is 6.83. The van der Waals surface area contributed by atoms with E-state index < -0.39 is 14.8 Å². The predicted octanol–water partition coefficient (Wildman–Crippen LogP) is 4.18. The number of hydrogen-bond donors (Lipinski definition) is 0. The Morgan fingerprint density at radius 3 is 2.41 bits per heavy atom. The lowest BCUT2D eigenvalue weighted by atomic mass is 10.1. The number of fused-ring (bicyclic) bond motifs is 1. The van der Waals surface area contributed by atoms with Crippen LogP contribution in [-0.4, -0.2) is 42.1 Å². The summed E-state index contributed by atoms with van der Waals surface area (Å²) in [5.41, 5.74) is 1.63. The summed E-state index contributed by atoms with van der Waals surface area (Å²) >= 11 is 13.8. The number of non-ortho nitro benzene ring substituents is 1. The number of halogens is 2. The van der Waals surface area contributed by atoms with Gasteiger partial charge in [0.1, 0.15) is 0 Å². The number of nitro benzene ring substituents is 1. The van der Waals surface area contributed by atoms with Gasteiger partial charge in [0.25, 0.3) is 5.69 Å². The monoisotopic (exact) mass is 471 g/mol. The highest BCUT2D eigenvalue weighted by Crippen LogP contribution is 2.38. The van der Waals surface area contributed by atoms with Crippen LogP contribution in [0.5, 0.6) is 0 Å². The molecule has 29 heavy (non-hydrogen) atoms. The fraction of sp³-hybridized carbons (Fsp3) is 0.278. The van der Waals surface area contributed by atoms with Crippen LogP contribution in [0.2, 0.25) is 10.0 Å². The minimum absolute atomic E-state index is 0.0179. The van der Waals surface area contributed by atoms with Crippen molar-refractivity contribution in [1.82, 2.24) is 0 Å². The highest BCUT2D eigenvalue weighted by molar-refractivity contribution is 8.13. The third kappa shape index (κ3) is 4.37. The molecule has 7 nitrogen and oxygen atoms in total. The number of hydrogen-bond acceptors (Lipinski definition) is 7. The van der Waals surface area contributed by atoms with Gasteiger partial charge >= 0.3 is 0 Å². The van der Waals surface area contributed by atoms with Crippen molar-refractivity contribution in [2.24, 2.45) is 4.99 Å². The molecule has 1 fully saturated rings. The van der Waals surface area contributed by atoms with Gasteiger partial charge in [-0.25, -0.2) is 8.42 Å². The molecule has 2 aliphatic rings. The third-order valence-electron chi connectivity index (χ3n) is 4.75. The van der Waals surface area contributed by atoms with Crippen LogP contribution >= 0.6 is 35.0 Å². The van der Waals surface area contributed by atoms with Crippen molar-refractivity contribution in [3.63, 3.8) is 0 Å². The molecule has 2 aromatic carbocycles. The molecule has 2 heterocycles. The summed E-state index contributed by atoms with van der Waals surface area (Å²) in [6, 6.07) is 10.8. The largest absolute Gasteiger partial charge is 0.315 e. The van der Waals surface area contributed by atoms with Gasteiger partial charge in [-0.3, -0.25) is 15.1 Å². The van der Waals surface area contributed by atoms with Crippen molar-refractivity contribution in [3.8, 4) is 0 Å². The highest BCUT2D eigenvalue weighted by atomic mass is 35.5. The van der Waals surface area contributed by atoms with E-state index in [0.29, 0.717) is 26.7 Å². The topological polar surface area (TPSA) is 92.9 Å². The molecule has 0 N–H and O–H groups in total. The second-order valence-corrected chi connectivity index (χ2v) is 10.8. The standard InChI is InChI=1S/C18H15Cl2N3O4S2/c19-12-5-13(20)7-15(6-12)22-17-10-29(26,27)9-16(17)21-18(22)28-8-11-1-3-14(4-2-11)23(24)25/h1-7,16-17H,8-10H2/t16-,17-/m1/s1. The van der Waals surface area contributed by atoms with E-state index in [9.17, 15) is 18.5 Å². The van der Waals surface area contributed by atoms with Crippen LogP contribution < -0.4 is 4.90 Å². The van der Waals surface area contributed by atoms with Crippen LogP contribution in [0.3, 0.4) is 0 Å². The first kappa shape index (κ1) is 20.5. The van der Waals surface area contributed by atoms with Gasteiger partial charge in [0.15, 0.2) is 15.0 Å². The van der Waals surface area contributed by atoms with Gasteiger partial charge in [0, 0.05) is 33.6 Å². The predicted molar refractivity (Wildman–Crippen MR) is 117 cm³/mol. The van der Waals surface area contributed by atoms with Gasteiger partial charge in [-0.1, -0.05) is 47.1 Å². The number of anilines is 1. The fourth-order valence-corrected chi connectivity index (χ4v) is 6.91. The molecule has 0 bridgehead atoms. The zero-order valence-corrected chi connectivity index (χ0v) is 18.0. The van der Waals surface area contributed by atoms with Crippen LogP contribution in [0.1, 0.15) is 5.56 Å². The van der Waals surface area contributed by atoms with Gasteiger partial charge in [0.2, 0.25) is 0 Å². The molecule has 0 aliphatic carbocycles. The van der Waals surface area contributed by atoms with Gasteiger partial charge in [-0.15, -0.1) is 0 Å². The van der Waals surface area contributed by atoms with E-state index in [2.05, 4.69) is 4.99 Å². The average Bonchev–Trinajstić information content (AvgIpc) is 3.10. The number of nitrogens with zero attached hydrogens (tertiary/aromatic N) is 3. The summed E-state index contributed by atoms with van der Waals surface area (Å²) in [6.07, 6.45) is 0. The quantitative estimate of drug-likeness (QED) is 0.490. The molecule has 0 aromatic heterocycles. The van der Waals surface area contributed by atoms with Crippen molar-refractivity contribution in [3.05, 3.63) is 68.2 Å². The third-order valence-corrected chi connectivity index (χ3v) is 7.92. The van der Waals surface area contributed by atoms with E-state index in [4.69, 9.17) is 23.2 Å². The Hall–Kier alpha value is -1.81. The van der Waals surface area contributed by atoms with Crippen molar-refractivity contribution in [2.45, 2.75) is 17.8 Å². The van der Waals surface area contributed by atoms with Crippen LogP contribution in [0.15, 0.2) is 47.5 Å². The van der Waals surface area contributed by atoms with Gasteiger partial charge < -0.3 is 4.90 Å². The Kier molecular flexibility index (Phi) is 5.50. The minimum Gasteiger partial charge on any atom is -0.315 e. The Morgan fingerprint density at radius 2 is 1.79 bits per heavy atom. The number of nitro groups is 1. The molecular formula is C18H15Cl2N3O4S2. The second kappa shape index (κ2) is 7.79. The number of benzene rings is 2. The van der Waals surface area contributed by atoms with Crippen molar-refractivity contribution in [2.75, 3.05) is 16.4 Å². The minimum atomic E-state index is -3.16. The molecule has 0 spiro atoms. The lowest BCUT2D eigenvalue weighted by molar-refractivity contribution is -0.384. The van der Waals surface area contributed by atoms with E-state index in [-0.39, 0.29) is 29.3 Å². The molecule has 0 unspecified atom stereocenters. The number of aliphatic imine (C=N–C) groups is 1. The molecule has 2 aliphatic heterocycles. The molecule has 0 saturated carbocycles. The van der Waals surface area contributed by atoms with Gasteiger partial charge in [-0.2, -0.15) is 0 Å². The lowest BCUT2D eigenvalue weighted by Gasteiger charge is -2.27. The maximum atomic E-state index is 12.1. The van der Waals surface area contributed by atoms with Gasteiger partial charge in [0.05, 0.1) is 28.5 Å². The first-order valence-electron chi connectivity index (χ1n) is 8.61. The summed E-state index contributed by atoms with van der Waals surface area (Å²) in [5.74, 6) is 0.574. The number of sulfone groups is 1. The van der Waals surface area contributed by atoms with Crippen LogP contribution in [-0.2, 0) is 15.6 Å². The normalized spacial score (nSPS) is 22.4. The number of rotatable bonds is 4. The van der Waals surface area contributed by atoms with Crippen molar-refractivity contribution >= 4 is 61.3 Å². The zero-order valence-electron chi connectivity index (χ0n) is 14.9. The summed E-state index contributed by atoms with van der Waals surface area (Å²) in [7, 11) is -3.16. The summed E-state index contributed by atoms with van der Waals surface area (Å²) in [5, 5.41) is 12.4. The SMILES string of the molecule is O=[N+]([O-])c1ccc(CSC2=N[C@@H]3CS(=O)(=O)C[C@H]3N2c2cc(Cl)cc(Cl)c2)cc1. The van der Waals surface area contributed by atoms with Crippen LogP contribution in [0, 0.1) is 10.1 Å². The molecule has 11 heteroatoms. The summed E-state index contributed by atoms with van der Waals surface area (Å²) in [6.45, 7) is 0. The molecule has 2 aromatic rings. The Morgan fingerprint density at radius 1 is 1.14 bits per heavy atom. The van der Waals surface area contributed by atoms with Crippen LogP contribution in [0.25, 0.3) is 0 Å². The molecule has 0 amide bonds. The summed E-state index contributed by atoms with van der Waals surface area (Å²) < 4.78 is 24.2. The zero-order chi connectivity index (χ0) is 20.8.